The fourth-order valence-electron chi connectivity index (χ4n) is 2.42. The highest BCUT2D eigenvalue weighted by Crippen LogP contribution is 2.24. The van der Waals surface area contributed by atoms with E-state index >= 15 is 0 Å². The van der Waals surface area contributed by atoms with Crippen molar-refractivity contribution in [3.63, 3.8) is 0 Å². The molecule has 1 unspecified atom stereocenters. The number of carbonyl (C=O) groups excluding carboxylic acids is 1. The van der Waals surface area contributed by atoms with Gasteiger partial charge >= 0.3 is 5.97 Å². The van der Waals surface area contributed by atoms with Crippen LogP contribution in [-0.2, 0) is 11.2 Å². The number of halogens is 1. The molecule has 1 amide bonds. The summed E-state index contributed by atoms with van der Waals surface area (Å²) in [5, 5.41) is 11.8. The predicted molar refractivity (Wildman–Crippen MR) is 92.5 cm³/mol. The van der Waals surface area contributed by atoms with Crippen LogP contribution in [0.2, 0.25) is 0 Å². The van der Waals surface area contributed by atoms with Crippen LogP contribution in [0.5, 0.6) is 5.75 Å². The number of rotatable bonds is 7. The Hall–Kier alpha value is -2.89. The first-order valence-electron chi connectivity index (χ1n) is 7.88. The van der Waals surface area contributed by atoms with E-state index in [-0.39, 0.29) is 29.0 Å². The van der Waals surface area contributed by atoms with E-state index in [4.69, 9.17) is 9.84 Å². The van der Waals surface area contributed by atoms with Crippen molar-refractivity contribution in [3.05, 3.63) is 59.4 Å². The minimum atomic E-state index is -1.10. The number of aromatic carboxylic acids is 1. The predicted octanol–water partition coefficient (Wildman–Crippen LogP) is 3.74. The molecule has 2 rings (SSSR count). The molecule has 25 heavy (non-hydrogen) atoms. The Morgan fingerprint density at radius 3 is 2.60 bits per heavy atom. The van der Waals surface area contributed by atoms with Gasteiger partial charge in [0.25, 0.3) is 0 Å². The van der Waals surface area contributed by atoms with E-state index in [9.17, 15) is 14.0 Å². The van der Waals surface area contributed by atoms with Gasteiger partial charge < -0.3 is 15.2 Å². The molecule has 0 spiro atoms. The first-order chi connectivity index (χ1) is 11.9. The highest BCUT2D eigenvalue weighted by Gasteiger charge is 2.16. The molecule has 1 atom stereocenters. The number of carboxylic acid groups (broad SMARTS) is 1. The Morgan fingerprint density at radius 1 is 1.24 bits per heavy atom. The number of nitrogens with one attached hydrogen (secondary N) is 1. The number of methoxy groups -OCH3 is 1. The van der Waals surface area contributed by atoms with Crippen LogP contribution in [0.25, 0.3) is 0 Å². The van der Waals surface area contributed by atoms with Crippen molar-refractivity contribution in [3.8, 4) is 5.75 Å². The average Bonchev–Trinajstić information content (AvgIpc) is 2.60. The van der Waals surface area contributed by atoms with Crippen LogP contribution in [0, 0.1) is 11.7 Å². The number of aryl methyl sites for hydroxylation is 1. The third-order valence-corrected chi connectivity index (χ3v) is 3.95. The third-order valence-electron chi connectivity index (χ3n) is 3.95. The van der Waals surface area contributed by atoms with Crippen LogP contribution in [0.4, 0.5) is 10.1 Å². The number of amides is 1. The Kier molecular flexibility index (Phi) is 6.11. The van der Waals surface area contributed by atoms with Gasteiger partial charge in [0.05, 0.1) is 7.11 Å². The Morgan fingerprint density at radius 2 is 1.96 bits per heavy atom. The largest absolute Gasteiger partial charge is 0.496 e. The fourth-order valence-corrected chi connectivity index (χ4v) is 2.42. The van der Waals surface area contributed by atoms with Gasteiger partial charge in [0.15, 0.2) is 0 Å². The number of carbonyl (C=O) groups is 2. The second-order valence-electron chi connectivity index (χ2n) is 5.74. The molecule has 0 aliphatic rings. The Bertz CT molecular complexity index is 776. The zero-order valence-corrected chi connectivity index (χ0v) is 14.1. The Balaban J connectivity index is 1.99. The van der Waals surface area contributed by atoms with Crippen molar-refractivity contribution >= 4 is 17.6 Å². The lowest BCUT2D eigenvalue weighted by Crippen LogP contribution is -2.21. The van der Waals surface area contributed by atoms with Crippen molar-refractivity contribution < 1.29 is 23.8 Å². The molecule has 0 aromatic heterocycles. The van der Waals surface area contributed by atoms with Crippen LogP contribution < -0.4 is 10.1 Å². The maximum absolute atomic E-state index is 13.6. The molecule has 0 saturated heterocycles. The second-order valence-corrected chi connectivity index (χ2v) is 5.74. The molecule has 6 heteroatoms. The van der Waals surface area contributed by atoms with Crippen LogP contribution in [0.3, 0.4) is 0 Å². The zero-order valence-electron chi connectivity index (χ0n) is 14.1. The van der Waals surface area contributed by atoms with Gasteiger partial charge in [-0.25, -0.2) is 9.18 Å². The number of hydrogen-bond donors (Lipinski definition) is 2. The topological polar surface area (TPSA) is 75.6 Å². The summed E-state index contributed by atoms with van der Waals surface area (Å²) in [5.74, 6) is -1.76. The summed E-state index contributed by atoms with van der Waals surface area (Å²) in [7, 11) is 1.37. The van der Waals surface area contributed by atoms with E-state index < -0.39 is 5.97 Å². The van der Waals surface area contributed by atoms with Crippen molar-refractivity contribution in [1.82, 2.24) is 0 Å². The standard InChI is InChI=1S/C19H20FNO4/c1-12(7-8-13-5-3-4-6-16(13)20)18(22)21-14-9-10-15(19(23)24)17(11-14)25-2/h3-6,9-12H,7-8H2,1-2H3,(H,21,22)(H,23,24). The quantitative estimate of drug-likeness (QED) is 0.801. The van der Waals surface area contributed by atoms with Crippen LogP contribution >= 0.6 is 0 Å². The highest BCUT2D eigenvalue weighted by molar-refractivity contribution is 5.95. The van der Waals surface area contributed by atoms with Gasteiger partial charge in [-0.1, -0.05) is 25.1 Å². The van der Waals surface area contributed by atoms with Crippen LogP contribution in [0.15, 0.2) is 42.5 Å². The summed E-state index contributed by atoms with van der Waals surface area (Å²) in [4.78, 5) is 23.3. The molecule has 0 heterocycles. The summed E-state index contributed by atoms with van der Waals surface area (Å²) < 4.78 is 18.6. The monoisotopic (exact) mass is 345 g/mol. The summed E-state index contributed by atoms with van der Waals surface area (Å²) >= 11 is 0. The molecule has 0 fully saturated rings. The van der Waals surface area contributed by atoms with Gasteiger partial charge in [-0.3, -0.25) is 4.79 Å². The van der Waals surface area contributed by atoms with E-state index in [1.165, 1.54) is 31.4 Å². The number of carboxylic acids is 1. The van der Waals surface area contributed by atoms with Crippen molar-refractivity contribution in [2.45, 2.75) is 19.8 Å². The van der Waals surface area contributed by atoms with Crippen LogP contribution in [0.1, 0.15) is 29.3 Å². The van der Waals surface area contributed by atoms with E-state index in [0.29, 0.717) is 24.1 Å². The van der Waals surface area contributed by atoms with Crippen molar-refractivity contribution in [1.29, 1.82) is 0 Å². The van der Waals surface area contributed by atoms with Crippen molar-refractivity contribution in [2.24, 2.45) is 5.92 Å². The first kappa shape index (κ1) is 18.4. The van der Waals surface area contributed by atoms with Gasteiger partial charge in [0.1, 0.15) is 17.1 Å². The second kappa shape index (κ2) is 8.28. The number of ether oxygens (including phenoxy) is 1. The average molecular weight is 345 g/mol. The highest BCUT2D eigenvalue weighted by atomic mass is 19.1. The number of anilines is 1. The SMILES string of the molecule is COc1cc(NC(=O)C(C)CCc2ccccc2F)ccc1C(=O)O. The molecule has 132 valence electrons. The number of benzene rings is 2. The Labute approximate surface area is 145 Å². The lowest BCUT2D eigenvalue weighted by molar-refractivity contribution is -0.119. The third kappa shape index (κ3) is 4.79. The molecule has 5 nitrogen and oxygen atoms in total. The molecule has 2 aromatic rings. The van der Waals surface area contributed by atoms with Gasteiger partial charge in [0.2, 0.25) is 5.91 Å². The lowest BCUT2D eigenvalue weighted by atomic mass is 10.00. The van der Waals surface area contributed by atoms with E-state index in [2.05, 4.69) is 5.32 Å². The fraction of sp³-hybridized carbons (Fsp3) is 0.263. The smallest absolute Gasteiger partial charge is 0.339 e. The summed E-state index contributed by atoms with van der Waals surface area (Å²) in [6.45, 7) is 1.76. The maximum Gasteiger partial charge on any atom is 0.339 e. The molecule has 0 bridgehead atoms. The first-order valence-corrected chi connectivity index (χ1v) is 7.88. The van der Waals surface area contributed by atoms with E-state index in [1.54, 1.807) is 25.1 Å². The van der Waals surface area contributed by atoms with E-state index in [0.717, 1.165) is 0 Å². The summed E-state index contributed by atoms with van der Waals surface area (Å²) in [6, 6.07) is 10.8. The molecule has 0 aliphatic heterocycles. The lowest BCUT2D eigenvalue weighted by Gasteiger charge is -2.14. The number of hydrogen-bond acceptors (Lipinski definition) is 3. The van der Waals surface area contributed by atoms with E-state index in [1.807, 2.05) is 0 Å². The zero-order chi connectivity index (χ0) is 18.4. The molecule has 0 radical (unpaired) electrons. The molecule has 0 aliphatic carbocycles. The molecule has 2 aromatic carbocycles. The summed E-state index contributed by atoms with van der Waals surface area (Å²) in [5.41, 5.74) is 1.05. The van der Waals surface area contributed by atoms with Crippen molar-refractivity contribution in [2.75, 3.05) is 12.4 Å². The normalized spacial score (nSPS) is 11.6. The molecule has 0 saturated carbocycles. The molecule has 2 N–H and O–H groups in total. The van der Waals surface area contributed by atoms with Gasteiger partial charge in [0, 0.05) is 17.7 Å². The minimum absolute atomic E-state index is 0.0214. The minimum Gasteiger partial charge on any atom is -0.496 e. The van der Waals surface area contributed by atoms with Crippen LogP contribution in [-0.4, -0.2) is 24.1 Å². The van der Waals surface area contributed by atoms with Gasteiger partial charge in [-0.2, -0.15) is 0 Å². The maximum atomic E-state index is 13.6. The molecular weight excluding hydrogens is 325 g/mol. The molecular formula is C19H20FNO4. The summed E-state index contributed by atoms with van der Waals surface area (Å²) in [6.07, 6.45) is 0.958. The van der Waals surface area contributed by atoms with Gasteiger partial charge in [-0.15, -0.1) is 0 Å². The van der Waals surface area contributed by atoms with Gasteiger partial charge in [-0.05, 0) is 36.6 Å².